The number of hydrogen-bond donors (Lipinski definition) is 0. The fourth-order valence-corrected chi connectivity index (χ4v) is 2.33. The molecule has 1 saturated heterocycles. The van der Waals surface area contributed by atoms with Crippen LogP contribution >= 0.6 is 0 Å². The third kappa shape index (κ3) is 4.16. The summed E-state index contributed by atoms with van der Waals surface area (Å²) in [5, 5.41) is 0. The molecule has 1 rings (SSSR count). The average molecular weight is 211 g/mol. The highest BCUT2D eigenvalue weighted by atomic mass is 16.5. The van der Waals surface area contributed by atoms with E-state index >= 15 is 0 Å². The number of nitrogens with zero attached hydrogens (tertiary/aromatic N) is 1. The maximum atomic E-state index is 5.59. The lowest BCUT2D eigenvalue weighted by Crippen LogP contribution is -2.53. The van der Waals surface area contributed by atoms with Gasteiger partial charge in [0.15, 0.2) is 0 Å². The van der Waals surface area contributed by atoms with Crippen molar-refractivity contribution in [3.05, 3.63) is 0 Å². The molecule has 0 radical (unpaired) electrons. The Hall–Kier alpha value is -0.0151. The van der Waals surface area contributed by atoms with Crippen LogP contribution in [0.25, 0.3) is 0 Å². The van der Waals surface area contributed by atoms with Crippen LogP contribution in [0.3, 0.4) is 0 Å². The summed E-state index contributed by atoms with van der Waals surface area (Å²) in [6.45, 7) is 10.1. The van der Waals surface area contributed by atoms with Crippen LogP contribution in [0.4, 0.5) is 0 Å². The quantitative estimate of drug-likeness (QED) is 0.506. The Morgan fingerprint density at radius 3 is 2.73 bits per heavy atom. The number of morpholine rings is 1. The Morgan fingerprint density at radius 1 is 1.40 bits per heavy atom. The Morgan fingerprint density at radius 2 is 2.13 bits per heavy atom. The zero-order valence-electron chi connectivity index (χ0n) is 10.9. The second-order valence-electron chi connectivity index (χ2n) is 5.40. The summed E-state index contributed by atoms with van der Waals surface area (Å²) in [7, 11) is 2.17. The number of rotatable bonds is 5. The predicted molar refractivity (Wildman–Crippen MR) is 68.1 cm³/mol. The van der Waals surface area contributed by atoms with Crippen LogP contribution in [0.1, 0.15) is 46.5 Å². The molecular weight excluding hydrogens is 185 g/mol. The van der Waals surface area contributed by atoms with Gasteiger partial charge in [-0.3, -0.25) is 4.90 Å². The van der Waals surface area contributed by atoms with Crippen LogP contribution in [0, 0.1) is 0 Å². The van der Waals surface area contributed by atoms with Gasteiger partial charge in [0, 0.05) is 24.6 Å². The molecule has 1 fully saturated rings. The van der Waals surface area contributed by atoms with Crippen molar-refractivity contribution in [2.24, 2.45) is 0 Å². The van der Waals surface area contributed by atoms with E-state index in [1.165, 1.54) is 25.7 Å². The third-order valence-corrected chi connectivity index (χ3v) is 3.49. The van der Waals surface area contributed by atoms with Crippen molar-refractivity contribution < 1.29 is 4.74 Å². The minimum absolute atomic E-state index is 0.354. The Balaban J connectivity index is 2.37. The molecule has 1 unspecified atom stereocenters. The molecule has 0 aromatic carbocycles. The van der Waals surface area contributed by atoms with E-state index in [2.05, 4.69) is 33.5 Å². The van der Waals surface area contributed by atoms with E-state index in [4.69, 9.17) is 4.74 Å². The molecule has 0 N–H and O–H groups in total. The van der Waals surface area contributed by atoms with Crippen molar-refractivity contribution in [2.45, 2.75) is 58.0 Å². The van der Waals surface area contributed by atoms with Crippen LogP contribution < -0.4 is 0 Å². The first-order valence-electron chi connectivity index (χ1n) is 6.43. The minimum Gasteiger partial charge on any atom is -0.385 e. The first-order valence-corrected chi connectivity index (χ1v) is 6.43. The lowest BCUT2D eigenvalue weighted by Gasteiger charge is -2.43. The molecule has 1 aliphatic rings. The topological polar surface area (TPSA) is 12.5 Å². The van der Waals surface area contributed by atoms with Crippen molar-refractivity contribution >= 4 is 7.85 Å². The van der Waals surface area contributed by atoms with Crippen molar-refractivity contribution in [1.29, 1.82) is 0 Å². The standard InChI is InChI=1S/C12H26BNO/c1-4-5-6-7-12(2,3)14-8-9-15-11(13)10-14/h11H,4-10,13H2,1-3H3. The Kier molecular flexibility index (Phi) is 5.14. The van der Waals surface area contributed by atoms with Gasteiger partial charge in [-0.2, -0.15) is 0 Å². The SMILES string of the molecule is BC1CN(C(C)(C)CCCCC)CCO1. The summed E-state index contributed by atoms with van der Waals surface area (Å²) in [4.78, 5) is 2.59. The second-order valence-corrected chi connectivity index (χ2v) is 5.40. The molecule has 3 heteroatoms. The van der Waals surface area contributed by atoms with Crippen molar-refractivity contribution in [2.75, 3.05) is 19.7 Å². The molecule has 0 aromatic rings. The fraction of sp³-hybridized carbons (Fsp3) is 1.00. The fourth-order valence-electron chi connectivity index (χ4n) is 2.33. The van der Waals surface area contributed by atoms with E-state index < -0.39 is 0 Å². The first-order chi connectivity index (χ1) is 7.06. The summed E-state index contributed by atoms with van der Waals surface area (Å²) in [5.41, 5.74) is 0.354. The molecule has 1 aliphatic heterocycles. The molecular formula is C12H26BNO. The van der Waals surface area contributed by atoms with Crippen molar-refractivity contribution in [1.82, 2.24) is 4.90 Å². The molecule has 15 heavy (non-hydrogen) atoms. The normalized spacial score (nSPS) is 24.3. The molecule has 0 saturated carbocycles. The summed E-state index contributed by atoms with van der Waals surface area (Å²) >= 11 is 0. The minimum atomic E-state index is 0.354. The van der Waals surface area contributed by atoms with Gasteiger partial charge in [0.1, 0.15) is 7.85 Å². The van der Waals surface area contributed by atoms with Crippen molar-refractivity contribution in [3.63, 3.8) is 0 Å². The van der Waals surface area contributed by atoms with Gasteiger partial charge in [0.2, 0.25) is 0 Å². The largest absolute Gasteiger partial charge is 0.385 e. The van der Waals surface area contributed by atoms with Gasteiger partial charge in [-0.05, 0) is 20.3 Å². The molecule has 1 heterocycles. The van der Waals surface area contributed by atoms with E-state index in [0.717, 1.165) is 19.7 Å². The average Bonchev–Trinajstić information content (AvgIpc) is 2.18. The Labute approximate surface area is 95.8 Å². The van der Waals surface area contributed by atoms with Gasteiger partial charge in [-0.15, -0.1) is 0 Å². The highest BCUT2D eigenvalue weighted by Crippen LogP contribution is 2.23. The van der Waals surface area contributed by atoms with Gasteiger partial charge < -0.3 is 4.74 Å². The number of ether oxygens (including phenoxy) is 1. The van der Waals surface area contributed by atoms with Crippen LogP contribution in [0.15, 0.2) is 0 Å². The zero-order chi connectivity index (χ0) is 11.3. The van der Waals surface area contributed by atoms with Crippen LogP contribution in [-0.4, -0.2) is 44.0 Å². The first kappa shape index (κ1) is 13.1. The molecule has 0 aromatic heterocycles. The molecule has 0 aliphatic carbocycles. The van der Waals surface area contributed by atoms with Gasteiger partial charge in [-0.1, -0.05) is 26.2 Å². The summed E-state index contributed by atoms with van der Waals surface area (Å²) in [6, 6.07) is 0.407. The van der Waals surface area contributed by atoms with Crippen molar-refractivity contribution in [3.8, 4) is 0 Å². The van der Waals surface area contributed by atoms with Gasteiger partial charge >= 0.3 is 0 Å². The molecule has 1 atom stereocenters. The van der Waals surface area contributed by atoms with E-state index in [0.29, 0.717) is 11.5 Å². The Bertz CT molecular complexity index is 184. The maximum Gasteiger partial charge on any atom is 0.140 e. The second kappa shape index (κ2) is 5.90. The van der Waals surface area contributed by atoms with Crippen LogP contribution in [-0.2, 0) is 4.74 Å². The molecule has 2 nitrogen and oxygen atoms in total. The monoisotopic (exact) mass is 211 g/mol. The van der Waals surface area contributed by atoms with Crippen LogP contribution in [0.2, 0.25) is 0 Å². The molecule has 0 bridgehead atoms. The lowest BCUT2D eigenvalue weighted by atomic mass is 9.90. The number of hydrogen-bond acceptors (Lipinski definition) is 2. The smallest absolute Gasteiger partial charge is 0.140 e. The highest BCUT2D eigenvalue weighted by molar-refractivity contribution is 6.11. The maximum absolute atomic E-state index is 5.59. The summed E-state index contributed by atoms with van der Waals surface area (Å²) in [6.07, 6.45) is 5.35. The highest BCUT2D eigenvalue weighted by Gasteiger charge is 2.29. The van der Waals surface area contributed by atoms with E-state index in [-0.39, 0.29) is 0 Å². The van der Waals surface area contributed by atoms with Gasteiger partial charge in [-0.25, -0.2) is 0 Å². The van der Waals surface area contributed by atoms with Crippen LogP contribution in [0.5, 0.6) is 0 Å². The van der Waals surface area contributed by atoms with E-state index in [1.807, 2.05) is 0 Å². The van der Waals surface area contributed by atoms with Gasteiger partial charge in [0.05, 0.1) is 6.61 Å². The summed E-state index contributed by atoms with van der Waals surface area (Å²) in [5.74, 6) is 0. The molecule has 0 spiro atoms. The molecule has 88 valence electrons. The lowest BCUT2D eigenvalue weighted by molar-refractivity contribution is -0.0316. The third-order valence-electron chi connectivity index (χ3n) is 3.49. The predicted octanol–water partition coefficient (Wildman–Crippen LogP) is 1.64. The number of unbranched alkanes of at least 4 members (excludes halogenated alkanes) is 2. The van der Waals surface area contributed by atoms with Gasteiger partial charge in [0.25, 0.3) is 0 Å². The zero-order valence-corrected chi connectivity index (χ0v) is 10.9. The van der Waals surface area contributed by atoms with E-state index in [1.54, 1.807) is 0 Å². The van der Waals surface area contributed by atoms with E-state index in [9.17, 15) is 0 Å². The molecule has 0 amide bonds. The summed E-state index contributed by atoms with van der Waals surface area (Å²) < 4.78 is 5.59.